The van der Waals surface area contributed by atoms with E-state index in [1.165, 1.54) is 16.7 Å². The highest BCUT2D eigenvalue weighted by Gasteiger charge is 2.71. The SMILES string of the molecule is CNCc1ccc(CO)c(C[C@@H]2CN=C(N)N[C@@]23CC[C@H]2CSSC[C@@H](CCO)[C@@H]4[C@@H](CO)C[C@@H]5CC6=C2C(=O)C[C@@]64[C@@]5(C)CCSSC3)c1. The molecule has 2 spiro atoms. The van der Waals surface area contributed by atoms with E-state index in [0.29, 0.717) is 30.6 Å². The number of carbonyl (C=O) groups excluding carboxylic acids is 1. The Morgan fingerprint density at radius 3 is 2.70 bits per heavy atom. The van der Waals surface area contributed by atoms with E-state index in [9.17, 15) is 20.1 Å². The van der Waals surface area contributed by atoms with Gasteiger partial charge in [-0.3, -0.25) is 9.79 Å². The number of hydrogen-bond donors (Lipinski definition) is 6. The normalized spacial score (nSPS) is 38.8. The molecule has 6 aliphatic rings. The van der Waals surface area contributed by atoms with Crippen molar-refractivity contribution in [2.75, 3.05) is 49.8 Å². The number of aliphatic imine (C=N–C) groups is 1. The molecule has 7 rings (SSSR count). The first-order valence-electron chi connectivity index (χ1n) is 18.6. The molecule has 12 heteroatoms. The number of nitrogens with one attached hydrogen (secondary N) is 2. The lowest BCUT2D eigenvalue weighted by Crippen LogP contribution is -2.62. The highest BCUT2D eigenvalue weighted by Crippen LogP contribution is 2.76. The van der Waals surface area contributed by atoms with Crippen LogP contribution in [0.15, 0.2) is 34.3 Å². The predicted octanol–water partition coefficient (Wildman–Crippen LogP) is 5.20. The molecule has 2 fully saturated rings. The van der Waals surface area contributed by atoms with E-state index in [4.69, 9.17) is 10.7 Å². The van der Waals surface area contributed by atoms with Crippen molar-refractivity contribution in [1.29, 1.82) is 0 Å². The van der Waals surface area contributed by atoms with Gasteiger partial charge in [-0.05, 0) is 109 Å². The second kappa shape index (κ2) is 15.5. The molecule has 2 saturated carbocycles. The van der Waals surface area contributed by atoms with Crippen LogP contribution in [0.2, 0.25) is 0 Å². The van der Waals surface area contributed by atoms with E-state index in [1.54, 1.807) is 0 Å². The van der Waals surface area contributed by atoms with E-state index in [2.05, 4.69) is 35.8 Å². The Bertz CT molecular complexity index is 1490. The third-order valence-corrected chi connectivity index (χ3v) is 19.0. The maximum atomic E-state index is 14.7. The summed E-state index contributed by atoms with van der Waals surface area (Å²) < 4.78 is 0. The van der Waals surface area contributed by atoms with Crippen molar-refractivity contribution < 1.29 is 20.1 Å². The minimum atomic E-state index is -0.309. The number of guanidine groups is 1. The van der Waals surface area contributed by atoms with Gasteiger partial charge in [-0.2, -0.15) is 0 Å². The van der Waals surface area contributed by atoms with Crippen LogP contribution in [0, 0.1) is 46.3 Å². The lowest BCUT2D eigenvalue weighted by atomic mass is 9.46. The van der Waals surface area contributed by atoms with E-state index in [0.717, 1.165) is 85.6 Å². The molecule has 3 heterocycles. The van der Waals surface area contributed by atoms with Crippen LogP contribution in [-0.4, -0.2) is 82.4 Å². The molecule has 0 aromatic heterocycles. The molecule has 7 N–H and O–H groups in total. The van der Waals surface area contributed by atoms with Gasteiger partial charge in [0.05, 0.1) is 12.1 Å². The fraction of sp³-hybridized carbons (Fsp3) is 0.737. The second-order valence-corrected chi connectivity index (χ2v) is 21.2. The van der Waals surface area contributed by atoms with Crippen LogP contribution < -0.4 is 16.4 Å². The molecule has 6 bridgehead atoms. The maximum Gasteiger partial charge on any atom is 0.189 e. The topological polar surface area (TPSA) is 140 Å². The fourth-order valence-corrected chi connectivity index (χ4v) is 17.2. The maximum absolute atomic E-state index is 14.7. The fourth-order valence-electron chi connectivity index (χ4n) is 11.5. The first kappa shape index (κ1) is 37.5. The van der Waals surface area contributed by atoms with E-state index in [1.807, 2.05) is 50.2 Å². The smallest absolute Gasteiger partial charge is 0.189 e. The molecule has 3 aliphatic carbocycles. The summed E-state index contributed by atoms with van der Waals surface area (Å²) in [5.41, 5.74) is 11.9. The predicted molar refractivity (Wildman–Crippen MR) is 211 cm³/mol. The van der Waals surface area contributed by atoms with Gasteiger partial charge in [0.15, 0.2) is 11.7 Å². The van der Waals surface area contributed by atoms with E-state index in [-0.39, 0.29) is 65.8 Å². The highest BCUT2D eigenvalue weighted by atomic mass is 33.1. The number of aliphatic hydroxyl groups excluding tert-OH is 3. The van der Waals surface area contributed by atoms with Crippen molar-refractivity contribution in [1.82, 2.24) is 10.6 Å². The number of ketones is 1. The van der Waals surface area contributed by atoms with Gasteiger partial charge in [-0.25, -0.2) is 0 Å². The van der Waals surface area contributed by atoms with Crippen molar-refractivity contribution in [3.05, 3.63) is 46.0 Å². The molecule has 8 nitrogen and oxygen atoms in total. The van der Waals surface area contributed by atoms with Crippen molar-refractivity contribution in [3.63, 3.8) is 0 Å². The first-order valence-corrected chi connectivity index (χ1v) is 23.6. The van der Waals surface area contributed by atoms with Crippen molar-refractivity contribution in [2.24, 2.45) is 57.1 Å². The van der Waals surface area contributed by atoms with Gasteiger partial charge in [0.1, 0.15) is 0 Å². The molecule has 1 aromatic rings. The van der Waals surface area contributed by atoms with Gasteiger partial charge >= 0.3 is 0 Å². The minimum Gasteiger partial charge on any atom is -0.396 e. The lowest BCUT2D eigenvalue weighted by Gasteiger charge is -2.58. The average molecular weight is 761 g/mol. The van der Waals surface area contributed by atoms with Crippen molar-refractivity contribution in [2.45, 2.75) is 77.0 Å². The molecule has 0 amide bonds. The Kier molecular flexibility index (Phi) is 11.6. The number of hydrogen-bond acceptors (Lipinski definition) is 12. The molecular formula is C38H56N4O4S4. The largest absolute Gasteiger partial charge is 0.396 e. The summed E-state index contributed by atoms with van der Waals surface area (Å²) in [6.07, 6.45) is 6.95. The molecule has 0 saturated heterocycles. The van der Waals surface area contributed by atoms with Gasteiger partial charge in [0.25, 0.3) is 0 Å². The van der Waals surface area contributed by atoms with Crippen LogP contribution in [0.1, 0.15) is 68.6 Å². The highest BCUT2D eigenvalue weighted by molar-refractivity contribution is 8.77. The lowest BCUT2D eigenvalue weighted by molar-refractivity contribution is -0.129. The summed E-state index contributed by atoms with van der Waals surface area (Å²) in [6, 6.07) is 6.40. The van der Waals surface area contributed by atoms with Gasteiger partial charge in [-0.15, -0.1) is 0 Å². The Labute approximate surface area is 314 Å². The molecule has 50 heavy (non-hydrogen) atoms. The molecule has 9 atom stereocenters. The van der Waals surface area contributed by atoms with Gasteiger partial charge in [0.2, 0.25) is 0 Å². The van der Waals surface area contributed by atoms with Crippen LogP contribution >= 0.6 is 43.2 Å². The first-order chi connectivity index (χ1) is 24.2. The summed E-state index contributed by atoms with van der Waals surface area (Å²) in [7, 11) is 9.70. The van der Waals surface area contributed by atoms with Gasteiger partial charge < -0.3 is 31.7 Å². The number of aliphatic hydroxyl groups is 3. The van der Waals surface area contributed by atoms with Crippen LogP contribution in [-0.2, 0) is 24.4 Å². The zero-order valence-corrected chi connectivity index (χ0v) is 32.9. The molecule has 3 aliphatic heterocycles. The van der Waals surface area contributed by atoms with Crippen LogP contribution in [0.3, 0.4) is 0 Å². The summed E-state index contributed by atoms with van der Waals surface area (Å²) >= 11 is 0. The number of Topliss-reactive ketones (excluding diaryl/α,β-unsaturated/α-hetero) is 1. The molecule has 0 radical (unpaired) electrons. The number of nitrogens with zero attached hydrogens (tertiary/aromatic N) is 1. The number of allylic oxidation sites excluding steroid dienone is 2. The number of nitrogens with two attached hydrogens (primary N) is 1. The quantitative estimate of drug-likeness (QED) is 0.195. The zero-order valence-electron chi connectivity index (χ0n) is 29.6. The van der Waals surface area contributed by atoms with Crippen molar-refractivity contribution in [3.8, 4) is 0 Å². The summed E-state index contributed by atoms with van der Waals surface area (Å²) in [5, 5.41) is 38.6. The monoisotopic (exact) mass is 760 g/mol. The van der Waals surface area contributed by atoms with Gasteiger partial charge in [-0.1, -0.05) is 73.9 Å². The number of carbonyl (C=O) groups is 1. The average Bonchev–Trinajstić information content (AvgIpc) is 3.43. The molecule has 0 unspecified atom stereocenters. The third-order valence-electron chi connectivity index (χ3n) is 13.9. The molecular weight excluding hydrogens is 705 g/mol. The summed E-state index contributed by atoms with van der Waals surface area (Å²) in [6.45, 7) is 4.23. The van der Waals surface area contributed by atoms with Crippen LogP contribution in [0.5, 0.6) is 0 Å². The number of benzene rings is 1. The molecule has 276 valence electrons. The Morgan fingerprint density at radius 2 is 1.92 bits per heavy atom. The minimum absolute atomic E-state index is 0.00708. The zero-order chi connectivity index (χ0) is 35.1. The van der Waals surface area contributed by atoms with E-state index < -0.39 is 0 Å². The number of rotatable bonds is 8. The van der Waals surface area contributed by atoms with Crippen molar-refractivity contribution >= 4 is 54.9 Å². The Hall–Kier alpha value is -0.860. The Morgan fingerprint density at radius 1 is 1.08 bits per heavy atom. The standard InChI is InChI=1S/C38H56N4O4S4/c1-36-8-10-47-50-22-37(30(17-41-35(39)42-37)12-27-11-23(16-40-2)3-4-24(27)18-44)7-5-25-20-48-49-21-26(6-9-43)34-28(19-45)13-29(36)14-31-33(25)32(46)15-38(31,34)36/h3-4,11,25-26,28-30,34,40,43-45H,5-10,12-22H2,1-2H3,(H3,39,41,42)/t25-,26+,28+,29+,30+,34+,36-,37+,38+/m0/s1. The van der Waals surface area contributed by atoms with Gasteiger partial charge in [0, 0.05) is 67.1 Å². The molecule has 1 aromatic carbocycles. The van der Waals surface area contributed by atoms with Crippen LogP contribution in [0.25, 0.3) is 0 Å². The Balaban J connectivity index is 1.30. The second-order valence-electron chi connectivity index (χ2n) is 16.1. The van der Waals surface area contributed by atoms with E-state index >= 15 is 0 Å². The summed E-state index contributed by atoms with van der Waals surface area (Å²) in [4.78, 5) is 19.4. The van der Waals surface area contributed by atoms with Crippen LogP contribution in [0.4, 0.5) is 0 Å². The third kappa shape index (κ3) is 6.41. The summed E-state index contributed by atoms with van der Waals surface area (Å²) in [5.74, 6) is 6.07.